The first-order valence-electron chi connectivity index (χ1n) is 12.8. The minimum Gasteiger partial charge on any atom is -0.201 e. The molecule has 1 nitrogen and oxygen atoms in total. The topological polar surface area (TPSA) is 3.88 Å². The third kappa shape index (κ3) is 2.96. The van der Waals surface area contributed by atoms with E-state index in [-0.39, 0.29) is 0 Å². The summed E-state index contributed by atoms with van der Waals surface area (Å²) < 4.78 is 2.39. The fourth-order valence-corrected chi connectivity index (χ4v) is 6.46. The van der Waals surface area contributed by atoms with Gasteiger partial charge in [-0.05, 0) is 87.2 Å². The Morgan fingerprint density at radius 2 is 1.21 bits per heavy atom. The van der Waals surface area contributed by atoms with Crippen LogP contribution in [-0.2, 0) is 19.9 Å². The molecule has 0 spiro atoms. The number of aryl methyl sites for hydroxylation is 1. The molecule has 170 valence electrons. The molecule has 1 heterocycles. The Morgan fingerprint density at radius 1 is 0.676 bits per heavy atom. The molecule has 0 N–H and O–H groups in total. The van der Waals surface area contributed by atoms with Crippen LogP contribution in [0.1, 0.15) is 78.5 Å². The van der Waals surface area contributed by atoms with E-state index in [0.717, 1.165) is 12.8 Å². The van der Waals surface area contributed by atoms with E-state index in [1.54, 1.807) is 0 Å². The maximum absolute atomic E-state index is 2.50. The van der Waals surface area contributed by atoms with Crippen LogP contribution in [0.25, 0.3) is 33.5 Å². The largest absolute Gasteiger partial charge is 0.213 e. The van der Waals surface area contributed by atoms with Crippen molar-refractivity contribution in [3.8, 4) is 33.5 Å². The molecular weight excluding hydrogens is 410 g/mol. The van der Waals surface area contributed by atoms with Gasteiger partial charge in [0.25, 0.3) is 0 Å². The number of benzene rings is 3. The van der Waals surface area contributed by atoms with Gasteiger partial charge in [0.1, 0.15) is 7.05 Å². The second-order valence-electron chi connectivity index (χ2n) is 10.9. The number of hydrogen-bond donors (Lipinski definition) is 0. The lowest BCUT2D eigenvalue weighted by molar-refractivity contribution is -0.661. The van der Waals surface area contributed by atoms with Crippen molar-refractivity contribution in [2.75, 3.05) is 0 Å². The fraction of sp³-hybridized carbons (Fsp3) is 0.303. The summed E-state index contributed by atoms with van der Waals surface area (Å²) in [4.78, 5) is 0. The van der Waals surface area contributed by atoms with Crippen LogP contribution in [0.5, 0.6) is 0 Å². The Hall–Kier alpha value is -3.19. The molecule has 3 aromatic carbocycles. The Kier molecular flexibility index (Phi) is 4.81. The van der Waals surface area contributed by atoms with Crippen molar-refractivity contribution in [1.82, 2.24) is 0 Å². The standard InChI is InChI=1S/C33H34N/c1-19(2)26-17-30(34(6)18-29(26)20(3)4)31-21(5)27-15-22-11-7-9-13-24(22)32(27)33-25-14-10-8-12-23(25)16-28(31)33/h7-14,17-20H,15-16H2,1-6H3/q+1. The highest BCUT2D eigenvalue weighted by atomic mass is 14.9. The Balaban J connectivity index is 1.71. The predicted octanol–water partition coefficient (Wildman–Crippen LogP) is 7.88. The Bertz CT molecular complexity index is 1470. The van der Waals surface area contributed by atoms with Crippen molar-refractivity contribution in [1.29, 1.82) is 0 Å². The van der Waals surface area contributed by atoms with Crippen LogP contribution < -0.4 is 4.57 Å². The third-order valence-corrected chi connectivity index (χ3v) is 8.13. The first-order chi connectivity index (χ1) is 16.4. The summed E-state index contributed by atoms with van der Waals surface area (Å²) in [6, 6.07) is 20.6. The molecule has 1 heteroatoms. The van der Waals surface area contributed by atoms with Crippen molar-refractivity contribution in [3.05, 3.63) is 99.7 Å². The second kappa shape index (κ2) is 7.67. The zero-order valence-corrected chi connectivity index (χ0v) is 21.3. The molecule has 0 radical (unpaired) electrons. The molecular formula is C33H34N+. The lowest BCUT2D eigenvalue weighted by atomic mass is 9.84. The molecule has 4 aromatic rings. The van der Waals surface area contributed by atoms with Crippen LogP contribution >= 0.6 is 0 Å². The smallest absolute Gasteiger partial charge is 0.201 e. The lowest BCUT2D eigenvalue weighted by Gasteiger charge is -2.20. The van der Waals surface area contributed by atoms with Crippen molar-refractivity contribution in [3.63, 3.8) is 0 Å². The molecule has 2 aliphatic carbocycles. The zero-order chi connectivity index (χ0) is 23.7. The molecule has 0 aliphatic heterocycles. The maximum atomic E-state index is 2.50. The van der Waals surface area contributed by atoms with Crippen LogP contribution in [0.15, 0.2) is 60.8 Å². The van der Waals surface area contributed by atoms with Gasteiger partial charge in [-0.1, -0.05) is 76.2 Å². The summed E-state index contributed by atoms with van der Waals surface area (Å²) >= 11 is 0. The highest BCUT2D eigenvalue weighted by Gasteiger charge is 2.35. The van der Waals surface area contributed by atoms with Gasteiger partial charge in [-0.3, -0.25) is 0 Å². The van der Waals surface area contributed by atoms with Gasteiger partial charge < -0.3 is 0 Å². The van der Waals surface area contributed by atoms with E-state index in [4.69, 9.17) is 0 Å². The molecule has 0 unspecified atom stereocenters. The summed E-state index contributed by atoms with van der Waals surface area (Å²) in [6.07, 6.45) is 4.44. The summed E-state index contributed by atoms with van der Waals surface area (Å²) in [5.74, 6) is 1.02. The van der Waals surface area contributed by atoms with Crippen molar-refractivity contribution < 1.29 is 4.57 Å². The molecule has 0 bridgehead atoms. The van der Waals surface area contributed by atoms with Crippen LogP contribution in [0.2, 0.25) is 0 Å². The average Bonchev–Trinajstić information content (AvgIpc) is 3.38. The lowest BCUT2D eigenvalue weighted by Crippen LogP contribution is -2.33. The van der Waals surface area contributed by atoms with E-state index >= 15 is 0 Å². The summed E-state index contributed by atoms with van der Waals surface area (Å²) in [5.41, 5.74) is 19.0. The zero-order valence-electron chi connectivity index (χ0n) is 21.3. The highest BCUT2D eigenvalue weighted by molar-refractivity contribution is 6.00. The minimum atomic E-state index is 0.501. The van der Waals surface area contributed by atoms with E-state index in [1.807, 2.05) is 0 Å². The summed E-state index contributed by atoms with van der Waals surface area (Å²) in [5, 5.41) is 0. The van der Waals surface area contributed by atoms with Crippen molar-refractivity contribution >= 4 is 0 Å². The number of rotatable bonds is 3. The molecule has 34 heavy (non-hydrogen) atoms. The van der Waals surface area contributed by atoms with Crippen LogP contribution in [0.4, 0.5) is 0 Å². The maximum Gasteiger partial charge on any atom is 0.213 e. The van der Waals surface area contributed by atoms with Gasteiger partial charge in [-0.2, -0.15) is 0 Å². The van der Waals surface area contributed by atoms with Gasteiger partial charge in [0.05, 0.1) is 5.56 Å². The summed E-state index contributed by atoms with van der Waals surface area (Å²) in [7, 11) is 2.24. The average molecular weight is 445 g/mol. The monoisotopic (exact) mass is 444 g/mol. The van der Waals surface area contributed by atoms with Crippen molar-refractivity contribution in [2.24, 2.45) is 7.05 Å². The normalized spacial score (nSPS) is 13.3. The highest BCUT2D eigenvalue weighted by Crippen LogP contribution is 2.53. The number of nitrogens with zero attached hydrogens (tertiary/aromatic N) is 1. The van der Waals surface area contributed by atoms with Gasteiger partial charge in [-0.25, -0.2) is 4.57 Å². The predicted molar refractivity (Wildman–Crippen MR) is 142 cm³/mol. The van der Waals surface area contributed by atoms with E-state index in [1.165, 1.54) is 72.5 Å². The number of hydrogen-bond acceptors (Lipinski definition) is 0. The fourth-order valence-electron chi connectivity index (χ4n) is 6.46. The summed E-state index contributed by atoms with van der Waals surface area (Å²) in [6.45, 7) is 11.7. The number of pyridine rings is 1. The molecule has 0 saturated carbocycles. The molecule has 2 aliphatic rings. The second-order valence-corrected chi connectivity index (χ2v) is 10.9. The molecule has 1 aromatic heterocycles. The Morgan fingerprint density at radius 3 is 1.79 bits per heavy atom. The van der Waals surface area contributed by atoms with Crippen LogP contribution in [0, 0.1) is 6.92 Å². The van der Waals surface area contributed by atoms with Crippen LogP contribution in [0.3, 0.4) is 0 Å². The van der Waals surface area contributed by atoms with E-state index in [9.17, 15) is 0 Å². The first-order valence-corrected chi connectivity index (χ1v) is 12.8. The number of fused-ring (bicyclic) bond motifs is 7. The SMILES string of the molecule is Cc1c2c(c3c(c1-c1cc(C(C)C)c(C(C)C)c[n+]1C)Cc1ccccc1-3)-c1ccccc1C2. The van der Waals surface area contributed by atoms with Crippen LogP contribution in [-0.4, -0.2) is 0 Å². The molecule has 0 saturated heterocycles. The molecule has 0 fully saturated rings. The van der Waals surface area contributed by atoms with E-state index in [0.29, 0.717) is 11.8 Å². The molecule has 0 atom stereocenters. The van der Waals surface area contributed by atoms with E-state index in [2.05, 4.69) is 107 Å². The number of aromatic nitrogens is 1. The molecule has 6 rings (SSSR count). The van der Waals surface area contributed by atoms with E-state index < -0.39 is 0 Å². The quantitative estimate of drug-likeness (QED) is 0.244. The van der Waals surface area contributed by atoms with Gasteiger partial charge in [-0.15, -0.1) is 0 Å². The van der Waals surface area contributed by atoms with Gasteiger partial charge in [0, 0.05) is 11.6 Å². The molecule has 0 amide bonds. The first kappa shape index (κ1) is 21.4. The van der Waals surface area contributed by atoms with Gasteiger partial charge >= 0.3 is 0 Å². The van der Waals surface area contributed by atoms with Gasteiger partial charge in [0.2, 0.25) is 5.69 Å². The van der Waals surface area contributed by atoms with Crippen molar-refractivity contribution in [2.45, 2.75) is 59.3 Å². The van der Waals surface area contributed by atoms with Gasteiger partial charge in [0.15, 0.2) is 6.20 Å². The Labute approximate surface area is 204 Å². The minimum absolute atomic E-state index is 0.501. The third-order valence-electron chi connectivity index (χ3n) is 8.13.